The molecule has 0 saturated carbocycles. The fourth-order valence-corrected chi connectivity index (χ4v) is 2.48. The minimum Gasteiger partial charge on any atom is -0.342 e. The molecule has 1 fully saturated rings. The van der Waals surface area contributed by atoms with E-state index in [2.05, 4.69) is 25.4 Å². The molecule has 7 heteroatoms. The molecule has 0 spiro atoms. The summed E-state index contributed by atoms with van der Waals surface area (Å²) in [5, 5.41) is 13.9. The lowest BCUT2D eigenvalue weighted by Crippen LogP contribution is -2.48. The fourth-order valence-electron chi connectivity index (χ4n) is 1.79. The van der Waals surface area contributed by atoms with Gasteiger partial charge in [-0.3, -0.25) is 4.68 Å². The van der Waals surface area contributed by atoms with Crippen molar-refractivity contribution >= 4 is 16.7 Å². The van der Waals surface area contributed by atoms with Gasteiger partial charge in [0.25, 0.3) is 0 Å². The first-order valence-corrected chi connectivity index (χ1v) is 6.03. The van der Waals surface area contributed by atoms with E-state index in [4.69, 9.17) is 5.26 Å². The summed E-state index contributed by atoms with van der Waals surface area (Å²) in [5.74, 6) is 0.819. The third-order valence-corrected chi connectivity index (χ3v) is 3.62. The predicted octanol–water partition coefficient (Wildman–Crippen LogP) is 0.976. The molecule has 0 aliphatic carbocycles. The molecule has 6 nitrogen and oxygen atoms in total. The van der Waals surface area contributed by atoms with Gasteiger partial charge in [0.05, 0.1) is 17.8 Å². The molecule has 86 valence electrons. The Balaban J connectivity index is 1.67. The van der Waals surface area contributed by atoms with E-state index in [1.54, 1.807) is 12.4 Å². The van der Waals surface area contributed by atoms with Crippen LogP contribution in [-0.2, 0) is 0 Å². The Morgan fingerprint density at radius 2 is 2.35 bits per heavy atom. The van der Waals surface area contributed by atoms with Crippen molar-refractivity contribution in [2.45, 2.75) is 13.0 Å². The normalized spacial score (nSPS) is 15.6. The summed E-state index contributed by atoms with van der Waals surface area (Å²) in [6, 6.07) is 2.41. The molecule has 0 N–H and O–H groups in total. The van der Waals surface area contributed by atoms with Crippen molar-refractivity contribution in [3.8, 4) is 6.07 Å². The van der Waals surface area contributed by atoms with Crippen LogP contribution in [0.2, 0.25) is 0 Å². The summed E-state index contributed by atoms with van der Waals surface area (Å²) >= 11 is 1.42. The Morgan fingerprint density at radius 3 is 2.94 bits per heavy atom. The van der Waals surface area contributed by atoms with E-state index in [1.165, 1.54) is 11.5 Å². The van der Waals surface area contributed by atoms with Gasteiger partial charge in [-0.05, 0) is 6.92 Å². The van der Waals surface area contributed by atoms with Gasteiger partial charge in [-0.2, -0.15) is 14.7 Å². The maximum absolute atomic E-state index is 8.73. The second-order valence-electron chi connectivity index (χ2n) is 4.00. The first-order valence-electron chi connectivity index (χ1n) is 5.26. The van der Waals surface area contributed by atoms with E-state index in [9.17, 15) is 0 Å². The summed E-state index contributed by atoms with van der Waals surface area (Å²) in [7, 11) is 0. The lowest BCUT2D eigenvalue weighted by molar-refractivity contribution is 0.367. The highest BCUT2D eigenvalue weighted by Gasteiger charge is 2.30. The molecule has 0 radical (unpaired) electrons. The van der Waals surface area contributed by atoms with Crippen LogP contribution in [-0.4, -0.2) is 32.2 Å². The van der Waals surface area contributed by atoms with Gasteiger partial charge in [0.1, 0.15) is 11.9 Å². The minimum atomic E-state index is 0.335. The molecule has 2 aromatic rings. The molecule has 0 unspecified atom stereocenters. The Morgan fingerprint density at radius 1 is 1.53 bits per heavy atom. The molecule has 17 heavy (non-hydrogen) atoms. The quantitative estimate of drug-likeness (QED) is 0.789. The van der Waals surface area contributed by atoms with E-state index in [0.717, 1.165) is 24.0 Å². The summed E-state index contributed by atoms with van der Waals surface area (Å²) in [4.78, 5) is 6.50. The summed E-state index contributed by atoms with van der Waals surface area (Å²) in [6.07, 6.45) is 3.38. The largest absolute Gasteiger partial charge is 0.342 e. The Kier molecular flexibility index (Phi) is 2.30. The summed E-state index contributed by atoms with van der Waals surface area (Å²) < 4.78 is 6.01. The summed E-state index contributed by atoms with van der Waals surface area (Å²) in [5.41, 5.74) is 0.607. The first kappa shape index (κ1) is 10.2. The molecule has 0 amide bonds. The third kappa shape index (κ3) is 1.76. The Bertz CT molecular complexity index is 574. The van der Waals surface area contributed by atoms with E-state index < -0.39 is 0 Å². The lowest BCUT2D eigenvalue weighted by Gasteiger charge is -2.38. The zero-order chi connectivity index (χ0) is 11.8. The lowest BCUT2D eigenvalue weighted by atomic mass is 10.1. The number of rotatable bonds is 2. The molecule has 3 heterocycles. The van der Waals surface area contributed by atoms with E-state index in [1.807, 2.05) is 11.6 Å². The molecular weight excluding hydrogens is 236 g/mol. The second kappa shape index (κ2) is 3.82. The molecule has 0 aromatic carbocycles. The second-order valence-corrected chi connectivity index (χ2v) is 4.73. The van der Waals surface area contributed by atoms with E-state index >= 15 is 0 Å². The van der Waals surface area contributed by atoms with Crippen molar-refractivity contribution < 1.29 is 0 Å². The number of hydrogen-bond donors (Lipinski definition) is 0. The van der Waals surface area contributed by atoms with Gasteiger partial charge >= 0.3 is 0 Å². The number of hydrogen-bond acceptors (Lipinski definition) is 6. The van der Waals surface area contributed by atoms with Crippen molar-refractivity contribution in [1.82, 2.24) is 19.1 Å². The highest BCUT2D eigenvalue weighted by Crippen LogP contribution is 2.28. The van der Waals surface area contributed by atoms with Crippen LogP contribution in [0.5, 0.6) is 0 Å². The molecule has 3 rings (SSSR count). The maximum atomic E-state index is 8.73. The standard InChI is InChI=1S/C10H10N6S/c1-7-13-10(17-14-7)15-5-9(6-15)16-4-8(2-11)3-12-16/h3-4,9H,5-6H2,1H3. The van der Waals surface area contributed by atoms with Gasteiger partial charge in [0.2, 0.25) is 5.13 Å². The van der Waals surface area contributed by atoms with Crippen molar-refractivity contribution in [3.05, 3.63) is 23.8 Å². The first-order chi connectivity index (χ1) is 8.26. The Labute approximate surface area is 102 Å². The molecular formula is C10H10N6S. The topological polar surface area (TPSA) is 70.6 Å². The van der Waals surface area contributed by atoms with Crippen molar-refractivity contribution in [1.29, 1.82) is 5.26 Å². The number of nitrogens with zero attached hydrogens (tertiary/aromatic N) is 6. The summed E-state index contributed by atoms with van der Waals surface area (Å²) in [6.45, 7) is 3.65. The minimum absolute atomic E-state index is 0.335. The van der Waals surface area contributed by atoms with Crippen LogP contribution in [0.1, 0.15) is 17.4 Å². The highest BCUT2D eigenvalue weighted by molar-refractivity contribution is 7.09. The highest BCUT2D eigenvalue weighted by atomic mass is 32.1. The Hall–Kier alpha value is -1.94. The van der Waals surface area contributed by atoms with Gasteiger partial charge in [-0.15, -0.1) is 0 Å². The average Bonchev–Trinajstić information content (AvgIpc) is 2.86. The molecule has 0 bridgehead atoms. The van der Waals surface area contributed by atoms with E-state index in [-0.39, 0.29) is 0 Å². The van der Waals surface area contributed by atoms with Crippen LogP contribution in [0.15, 0.2) is 12.4 Å². The number of nitriles is 1. The van der Waals surface area contributed by atoms with Crippen LogP contribution in [0, 0.1) is 18.3 Å². The zero-order valence-electron chi connectivity index (χ0n) is 9.24. The molecule has 1 saturated heterocycles. The molecule has 2 aromatic heterocycles. The zero-order valence-corrected chi connectivity index (χ0v) is 10.1. The molecule has 1 aliphatic heterocycles. The molecule has 0 atom stereocenters. The van der Waals surface area contributed by atoms with Gasteiger partial charge in [-0.25, -0.2) is 4.98 Å². The van der Waals surface area contributed by atoms with Gasteiger partial charge < -0.3 is 4.90 Å². The van der Waals surface area contributed by atoms with Gasteiger partial charge in [0, 0.05) is 30.8 Å². The smallest absolute Gasteiger partial charge is 0.205 e. The van der Waals surface area contributed by atoms with Crippen LogP contribution in [0.4, 0.5) is 5.13 Å². The van der Waals surface area contributed by atoms with Crippen molar-refractivity contribution in [3.63, 3.8) is 0 Å². The van der Waals surface area contributed by atoms with Gasteiger partial charge in [-0.1, -0.05) is 0 Å². The predicted molar refractivity (Wildman–Crippen MR) is 62.8 cm³/mol. The monoisotopic (exact) mass is 246 g/mol. The van der Waals surface area contributed by atoms with E-state index in [0.29, 0.717) is 11.6 Å². The SMILES string of the molecule is Cc1nsc(N2CC(n3cc(C#N)cn3)C2)n1. The van der Waals surface area contributed by atoms with Crippen LogP contribution in [0.25, 0.3) is 0 Å². The molecule has 1 aliphatic rings. The van der Waals surface area contributed by atoms with Gasteiger partial charge in [0.15, 0.2) is 0 Å². The third-order valence-electron chi connectivity index (χ3n) is 2.75. The van der Waals surface area contributed by atoms with Crippen molar-refractivity contribution in [2.75, 3.05) is 18.0 Å². The van der Waals surface area contributed by atoms with Crippen LogP contribution >= 0.6 is 11.5 Å². The average molecular weight is 246 g/mol. The van der Waals surface area contributed by atoms with Crippen LogP contribution in [0.3, 0.4) is 0 Å². The maximum Gasteiger partial charge on any atom is 0.205 e. The number of aryl methyl sites for hydroxylation is 1. The van der Waals surface area contributed by atoms with Crippen molar-refractivity contribution in [2.24, 2.45) is 0 Å². The fraction of sp³-hybridized carbons (Fsp3) is 0.400. The number of anilines is 1. The number of aromatic nitrogens is 4. The van der Waals surface area contributed by atoms with Crippen LogP contribution < -0.4 is 4.90 Å².